The number of Topliss-reactive ketones (excluding diaryl/α,β-unsaturated/α-hetero) is 3. The normalized spacial score (nSPS) is 29.3. The molecule has 3 N–H and O–H groups in total. The minimum Gasteiger partial charge on any atom is -0.507 e. The van der Waals surface area contributed by atoms with Gasteiger partial charge in [-0.25, -0.2) is 0 Å². The third-order valence-electron chi connectivity index (χ3n) is 9.56. The SMILES string of the molecule is CC(=O)C1=C(C)[C@@H](C(C)C)[C@]2(C)C[C@]3(C)Cc4c(-c5cccc([N+](=O)[O-])c5)ccc(O)c4C(O)=C3C(=O)[C@]2(O)C1=O. The molecule has 5 rings (SSSR count). The van der Waals surface area contributed by atoms with Crippen molar-refractivity contribution < 1.29 is 34.6 Å². The first-order valence-corrected chi connectivity index (χ1v) is 13.6. The maximum Gasteiger partial charge on any atom is 0.270 e. The molecule has 2 aromatic carbocycles. The predicted molar refractivity (Wildman–Crippen MR) is 151 cm³/mol. The number of aromatic hydroxyl groups is 1. The number of carbonyl (C=O) groups excluding carboxylic acids is 3. The van der Waals surface area contributed by atoms with E-state index < -0.39 is 50.4 Å². The summed E-state index contributed by atoms with van der Waals surface area (Å²) in [6.45, 7) is 10.3. The molecule has 41 heavy (non-hydrogen) atoms. The van der Waals surface area contributed by atoms with E-state index in [2.05, 4.69) is 0 Å². The van der Waals surface area contributed by atoms with Crippen LogP contribution in [0, 0.1) is 32.8 Å². The van der Waals surface area contributed by atoms with Gasteiger partial charge in [-0.3, -0.25) is 24.5 Å². The van der Waals surface area contributed by atoms with Crippen molar-refractivity contribution >= 4 is 28.8 Å². The van der Waals surface area contributed by atoms with E-state index in [4.69, 9.17) is 0 Å². The second-order valence-electron chi connectivity index (χ2n) is 12.6. The van der Waals surface area contributed by atoms with E-state index in [1.54, 1.807) is 39.0 Å². The Morgan fingerprint density at radius 3 is 2.34 bits per heavy atom. The van der Waals surface area contributed by atoms with Crippen LogP contribution in [0.2, 0.25) is 0 Å². The Morgan fingerprint density at radius 1 is 1.10 bits per heavy atom. The smallest absolute Gasteiger partial charge is 0.270 e. The first-order chi connectivity index (χ1) is 19.0. The Labute approximate surface area is 237 Å². The molecule has 0 heterocycles. The van der Waals surface area contributed by atoms with Crippen molar-refractivity contribution in [3.8, 4) is 16.9 Å². The number of carbonyl (C=O) groups is 3. The number of allylic oxidation sites excluding steroid dienone is 1. The van der Waals surface area contributed by atoms with E-state index in [1.165, 1.54) is 25.1 Å². The number of aliphatic hydroxyl groups is 2. The van der Waals surface area contributed by atoms with Gasteiger partial charge in [-0.2, -0.15) is 0 Å². The zero-order chi connectivity index (χ0) is 30.4. The highest BCUT2D eigenvalue weighted by atomic mass is 16.6. The summed E-state index contributed by atoms with van der Waals surface area (Å²) >= 11 is 0. The quantitative estimate of drug-likeness (QED) is 0.198. The highest BCUT2D eigenvalue weighted by Crippen LogP contribution is 2.65. The van der Waals surface area contributed by atoms with Gasteiger partial charge >= 0.3 is 0 Å². The van der Waals surface area contributed by atoms with Crippen molar-refractivity contribution in [2.45, 2.75) is 60.0 Å². The minimum atomic E-state index is -2.60. The minimum absolute atomic E-state index is 0.0239. The summed E-state index contributed by atoms with van der Waals surface area (Å²) in [5, 5.41) is 46.2. The van der Waals surface area contributed by atoms with Crippen molar-refractivity contribution in [2.75, 3.05) is 0 Å². The lowest BCUT2D eigenvalue weighted by molar-refractivity contribution is -0.384. The van der Waals surface area contributed by atoms with Gasteiger partial charge in [-0.1, -0.05) is 51.5 Å². The van der Waals surface area contributed by atoms with Crippen LogP contribution in [0.25, 0.3) is 16.9 Å². The Kier molecular flexibility index (Phi) is 6.20. The number of fused-ring (bicyclic) bond motifs is 3. The summed E-state index contributed by atoms with van der Waals surface area (Å²) in [6.07, 6.45) is 0.259. The molecule has 0 saturated heterocycles. The number of non-ortho nitro benzene ring substituents is 1. The molecule has 0 spiro atoms. The molecule has 214 valence electrons. The number of phenolic OH excluding ortho intramolecular Hbond substituents is 1. The molecule has 0 bridgehead atoms. The lowest BCUT2D eigenvalue weighted by Crippen LogP contribution is -2.70. The number of nitro groups is 1. The molecule has 0 radical (unpaired) electrons. The van der Waals surface area contributed by atoms with Crippen molar-refractivity contribution in [1.82, 2.24) is 0 Å². The lowest BCUT2D eigenvalue weighted by Gasteiger charge is -2.60. The van der Waals surface area contributed by atoms with Crippen LogP contribution >= 0.6 is 0 Å². The Hall–Kier alpha value is -4.11. The molecule has 0 aromatic heterocycles. The number of benzene rings is 2. The van der Waals surface area contributed by atoms with Gasteiger partial charge in [-0.05, 0) is 61.3 Å². The molecule has 0 amide bonds. The number of nitrogens with zero attached hydrogens (tertiary/aromatic N) is 1. The van der Waals surface area contributed by atoms with Gasteiger partial charge in [0.1, 0.15) is 11.5 Å². The van der Waals surface area contributed by atoms with E-state index in [0.29, 0.717) is 22.3 Å². The largest absolute Gasteiger partial charge is 0.507 e. The Morgan fingerprint density at radius 2 is 1.76 bits per heavy atom. The average molecular weight is 560 g/mol. The number of hydrogen-bond donors (Lipinski definition) is 3. The molecule has 2 aromatic rings. The predicted octanol–water partition coefficient (Wildman–Crippen LogP) is 5.27. The number of rotatable bonds is 4. The van der Waals surface area contributed by atoms with Crippen LogP contribution in [0.5, 0.6) is 5.75 Å². The highest BCUT2D eigenvalue weighted by Gasteiger charge is 2.72. The first-order valence-electron chi connectivity index (χ1n) is 13.6. The van der Waals surface area contributed by atoms with Gasteiger partial charge in [0.2, 0.25) is 11.6 Å². The monoisotopic (exact) mass is 559 g/mol. The number of hydrogen-bond acceptors (Lipinski definition) is 8. The first kappa shape index (κ1) is 28.4. The van der Waals surface area contributed by atoms with E-state index in [9.17, 15) is 39.8 Å². The lowest BCUT2D eigenvalue weighted by atomic mass is 9.42. The Bertz CT molecular complexity index is 1650. The number of aliphatic hydroxyl groups excluding tert-OH is 1. The van der Waals surface area contributed by atoms with E-state index in [1.807, 2.05) is 13.8 Å². The fraction of sp³-hybridized carbons (Fsp3) is 0.406. The summed E-state index contributed by atoms with van der Waals surface area (Å²) < 4.78 is 0. The van der Waals surface area contributed by atoms with Crippen molar-refractivity contribution in [3.63, 3.8) is 0 Å². The van der Waals surface area contributed by atoms with Crippen LogP contribution in [0.1, 0.15) is 59.1 Å². The molecule has 1 fully saturated rings. The molecule has 9 nitrogen and oxygen atoms in total. The molecule has 0 aliphatic heterocycles. The number of ketones is 3. The fourth-order valence-electron chi connectivity index (χ4n) is 8.31. The number of phenols is 1. The molecule has 3 aliphatic rings. The zero-order valence-corrected chi connectivity index (χ0v) is 23.9. The van der Waals surface area contributed by atoms with Crippen molar-refractivity contribution in [1.29, 1.82) is 0 Å². The van der Waals surface area contributed by atoms with E-state index in [0.717, 1.165) is 0 Å². The van der Waals surface area contributed by atoms with Gasteiger partial charge in [0.25, 0.3) is 5.69 Å². The van der Waals surface area contributed by atoms with Gasteiger partial charge < -0.3 is 15.3 Å². The average Bonchev–Trinajstić information content (AvgIpc) is 2.86. The molecule has 3 aliphatic carbocycles. The van der Waals surface area contributed by atoms with E-state index in [-0.39, 0.29) is 46.9 Å². The summed E-state index contributed by atoms with van der Waals surface area (Å²) in [5.41, 5.74) is -3.44. The fourth-order valence-corrected chi connectivity index (χ4v) is 8.31. The zero-order valence-electron chi connectivity index (χ0n) is 23.9. The maximum atomic E-state index is 14.4. The van der Waals surface area contributed by atoms with Crippen molar-refractivity contribution in [2.24, 2.45) is 22.7 Å². The molecular weight excluding hydrogens is 526 g/mol. The van der Waals surface area contributed by atoms with Gasteiger partial charge in [-0.15, -0.1) is 0 Å². The topological polar surface area (TPSA) is 155 Å². The van der Waals surface area contributed by atoms with Crippen LogP contribution < -0.4 is 0 Å². The van der Waals surface area contributed by atoms with Crippen LogP contribution in [0.4, 0.5) is 5.69 Å². The second kappa shape index (κ2) is 8.94. The highest BCUT2D eigenvalue weighted by molar-refractivity contribution is 6.33. The number of nitro benzene ring substituents is 1. The van der Waals surface area contributed by atoms with E-state index >= 15 is 0 Å². The van der Waals surface area contributed by atoms with Crippen LogP contribution in [0.15, 0.2) is 53.1 Å². The standard InChI is InChI=1S/C32H33NO8/c1-15(2)25-16(3)23(17(4)34)28(37)32(39)29(38)26-27(36)24-21(13-30(26,5)14-31(25,32)6)20(10-11-22(24)35)18-8-7-9-19(12-18)33(40)41/h7-12,15,25,35-36,39H,13-14H2,1-6H3/t25-,30+,31+,32-/m1/s1. The van der Waals surface area contributed by atoms with Crippen LogP contribution in [0.3, 0.4) is 0 Å². The third-order valence-corrected chi connectivity index (χ3v) is 9.56. The summed E-state index contributed by atoms with van der Waals surface area (Å²) in [4.78, 5) is 51.9. The van der Waals surface area contributed by atoms with Gasteiger partial charge in [0.05, 0.1) is 16.1 Å². The van der Waals surface area contributed by atoms with Crippen LogP contribution in [-0.2, 0) is 20.8 Å². The molecular formula is C32H33NO8. The Balaban J connectivity index is 1.80. The summed E-state index contributed by atoms with van der Waals surface area (Å²) in [5.74, 6) is -4.00. The summed E-state index contributed by atoms with van der Waals surface area (Å²) in [6, 6.07) is 8.96. The third kappa shape index (κ3) is 3.61. The maximum absolute atomic E-state index is 14.4. The molecule has 9 heteroatoms. The van der Waals surface area contributed by atoms with Gasteiger partial charge in [0.15, 0.2) is 11.4 Å². The van der Waals surface area contributed by atoms with Crippen molar-refractivity contribution in [3.05, 3.63) is 74.4 Å². The van der Waals surface area contributed by atoms with Gasteiger partial charge in [0, 0.05) is 28.5 Å². The molecule has 4 atom stereocenters. The molecule has 1 saturated carbocycles. The molecule has 0 unspecified atom stereocenters. The van der Waals surface area contributed by atoms with Crippen LogP contribution in [-0.4, -0.2) is 43.2 Å². The summed E-state index contributed by atoms with van der Waals surface area (Å²) in [7, 11) is 0. The second-order valence-corrected chi connectivity index (χ2v) is 12.6.